The Hall–Kier alpha value is -3.02. The Balaban J connectivity index is 1.81. The summed E-state index contributed by atoms with van der Waals surface area (Å²) in [6.45, 7) is 5.46. The summed E-state index contributed by atoms with van der Waals surface area (Å²) in [4.78, 5) is 28.7. The molecule has 31 heavy (non-hydrogen) atoms. The zero-order valence-electron chi connectivity index (χ0n) is 18.6. The van der Waals surface area contributed by atoms with Gasteiger partial charge in [-0.2, -0.15) is 0 Å². The molecule has 1 N–H and O–H groups in total. The Morgan fingerprint density at radius 3 is 2.55 bits per heavy atom. The maximum Gasteiger partial charge on any atom is 0.254 e. The van der Waals surface area contributed by atoms with E-state index in [0.29, 0.717) is 42.5 Å². The summed E-state index contributed by atoms with van der Waals surface area (Å²) in [6, 6.07) is 11.0. The summed E-state index contributed by atoms with van der Waals surface area (Å²) >= 11 is 0. The molecule has 164 valence electrons. The minimum Gasteiger partial charge on any atom is -0.493 e. The van der Waals surface area contributed by atoms with Crippen LogP contribution in [0.15, 0.2) is 36.4 Å². The third-order valence-electron chi connectivity index (χ3n) is 6.33. The summed E-state index contributed by atoms with van der Waals surface area (Å²) in [5.41, 5.74) is 3.45. The number of hydrogen-bond donors (Lipinski definition) is 1. The third kappa shape index (κ3) is 3.75. The highest BCUT2D eigenvalue weighted by Crippen LogP contribution is 2.48. The molecule has 6 nitrogen and oxygen atoms in total. The van der Waals surface area contributed by atoms with E-state index in [2.05, 4.69) is 19.2 Å². The van der Waals surface area contributed by atoms with Crippen molar-refractivity contribution in [2.24, 2.45) is 5.92 Å². The second kappa shape index (κ2) is 8.61. The van der Waals surface area contributed by atoms with E-state index in [4.69, 9.17) is 9.47 Å². The molecule has 2 aliphatic heterocycles. The number of methoxy groups -OCH3 is 2. The lowest BCUT2D eigenvalue weighted by Crippen LogP contribution is -2.50. The first kappa shape index (κ1) is 21.2. The van der Waals surface area contributed by atoms with Crippen LogP contribution in [0.3, 0.4) is 0 Å². The fourth-order valence-electron chi connectivity index (χ4n) is 4.73. The van der Waals surface area contributed by atoms with Crippen molar-refractivity contribution in [3.8, 4) is 11.5 Å². The van der Waals surface area contributed by atoms with Crippen LogP contribution in [0.4, 0.5) is 0 Å². The minimum absolute atomic E-state index is 0.0211. The summed E-state index contributed by atoms with van der Waals surface area (Å²) in [5, 5.41) is 3.12. The number of carbonyl (C=O) groups is 2. The number of hydrogen-bond acceptors (Lipinski definition) is 4. The van der Waals surface area contributed by atoms with Gasteiger partial charge in [0.25, 0.3) is 5.91 Å². The number of rotatable bonds is 6. The zero-order valence-corrected chi connectivity index (χ0v) is 18.6. The number of ether oxygens (including phenoxy) is 2. The molecule has 2 amide bonds. The molecule has 0 unspecified atom stereocenters. The maximum atomic E-state index is 13.5. The van der Waals surface area contributed by atoms with Crippen LogP contribution in [0, 0.1) is 5.92 Å². The lowest BCUT2D eigenvalue weighted by Gasteiger charge is -2.45. The van der Waals surface area contributed by atoms with Crippen molar-refractivity contribution in [1.29, 1.82) is 0 Å². The van der Waals surface area contributed by atoms with Crippen molar-refractivity contribution < 1.29 is 19.1 Å². The molecule has 0 aromatic heterocycles. The van der Waals surface area contributed by atoms with Crippen LogP contribution >= 0.6 is 0 Å². The van der Waals surface area contributed by atoms with Gasteiger partial charge in [0.15, 0.2) is 11.5 Å². The lowest BCUT2D eigenvalue weighted by atomic mass is 9.75. The third-order valence-corrected chi connectivity index (χ3v) is 6.33. The van der Waals surface area contributed by atoms with Gasteiger partial charge in [0.05, 0.1) is 26.2 Å². The van der Waals surface area contributed by atoms with E-state index < -0.39 is 5.92 Å². The van der Waals surface area contributed by atoms with E-state index in [1.807, 2.05) is 41.3 Å². The van der Waals surface area contributed by atoms with Crippen molar-refractivity contribution in [3.05, 3.63) is 58.7 Å². The van der Waals surface area contributed by atoms with Gasteiger partial charge in [-0.3, -0.25) is 9.59 Å². The average Bonchev–Trinajstić information content (AvgIpc) is 2.77. The van der Waals surface area contributed by atoms with Gasteiger partial charge in [0.2, 0.25) is 5.91 Å². The second-order valence-electron chi connectivity index (χ2n) is 8.64. The summed E-state index contributed by atoms with van der Waals surface area (Å²) < 4.78 is 11.0. The summed E-state index contributed by atoms with van der Waals surface area (Å²) in [5.74, 6) is 1.23. The van der Waals surface area contributed by atoms with Crippen molar-refractivity contribution in [2.75, 3.05) is 27.3 Å². The van der Waals surface area contributed by atoms with Crippen LogP contribution in [0.25, 0.3) is 0 Å². The van der Waals surface area contributed by atoms with Crippen molar-refractivity contribution in [1.82, 2.24) is 10.2 Å². The molecule has 2 atom stereocenters. The highest BCUT2D eigenvalue weighted by atomic mass is 16.5. The molecule has 0 spiro atoms. The molecule has 6 heteroatoms. The summed E-state index contributed by atoms with van der Waals surface area (Å²) in [7, 11) is 3.22. The van der Waals surface area contributed by atoms with Crippen molar-refractivity contribution >= 4 is 11.8 Å². The van der Waals surface area contributed by atoms with E-state index in [-0.39, 0.29) is 17.9 Å². The molecule has 2 heterocycles. The first-order valence-electron chi connectivity index (χ1n) is 10.9. The number of carbonyl (C=O) groups excluding carboxylic acids is 2. The van der Waals surface area contributed by atoms with Crippen LogP contribution in [-0.2, 0) is 11.2 Å². The number of fused-ring (bicyclic) bond motifs is 4. The normalized spacial score (nSPS) is 19.4. The highest BCUT2D eigenvalue weighted by molar-refractivity contribution is 6.01. The SMILES string of the molecule is COc1cc2c(cc1OC)[C@@H]1[C@@H](C(=O)NCCC(C)C)c3ccccc3C(=O)N1CC2. The van der Waals surface area contributed by atoms with E-state index in [9.17, 15) is 9.59 Å². The molecular formula is C25H30N2O4. The Morgan fingerprint density at radius 1 is 1.13 bits per heavy atom. The molecule has 0 radical (unpaired) electrons. The molecule has 0 saturated heterocycles. The smallest absolute Gasteiger partial charge is 0.254 e. The van der Waals surface area contributed by atoms with Crippen molar-refractivity contribution in [2.45, 2.75) is 38.6 Å². The molecular weight excluding hydrogens is 392 g/mol. The van der Waals surface area contributed by atoms with Gasteiger partial charge in [0.1, 0.15) is 0 Å². The molecule has 0 bridgehead atoms. The van der Waals surface area contributed by atoms with Crippen molar-refractivity contribution in [3.63, 3.8) is 0 Å². The van der Waals surface area contributed by atoms with Gasteiger partial charge >= 0.3 is 0 Å². The molecule has 2 aliphatic rings. The first-order valence-corrected chi connectivity index (χ1v) is 10.9. The van der Waals surface area contributed by atoms with Gasteiger partial charge in [0, 0.05) is 18.7 Å². The van der Waals surface area contributed by atoms with Gasteiger partial charge in [-0.1, -0.05) is 32.0 Å². The lowest BCUT2D eigenvalue weighted by molar-refractivity contribution is -0.124. The Labute approximate surface area is 183 Å². The number of amides is 2. The second-order valence-corrected chi connectivity index (χ2v) is 8.64. The molecule has 0 saturated carbocycles. The van der Waals surface area contributed by atoms with E-state index in [0.717, 1.165) is 23.1 Å². The predicted octanol–water partition coefficient (Wildman–Crippen LogP) is 3.70. The number of benzene rings is 2. The van der Waals surface area contributed by atoms with Gasteiger partial charge < -0.3 is 19.7 Å². The van der Waals surface area contributed by atoms with Crippen LogP contribution in [0.2, 0.25) is 0 Å². The molecule has 0 aliphatic carbocycles. The van der Waals surface area contributed by atoms with E-state index in [1.54, 1.807) is 14.2 Å². The fraction of sp³-hybridized carbons (Fsp3) is 0.440. The monoisotopic (exact) mass is 422 g/mol. The van der Waals surface area contributed by atoms with Gasteiger partial charge in [-0.15, -0.1) is 0 Å². The standard InChI is InChI=1S/C25H30N2O4/c1-15(2)9-11-26-24(28)22-17-7-5-6-8-18(17)25(29)27-12-10-16-13-20(30-3)21(31-4)14-19(16)23(22)27/h5-8,13-15,22-23H,9-12H2,1-4H3,(H,26,28)/t22-,23+/m0/s1. The number of nitrogens with zero attached hydrogens (tertiary/aromatic N) is 1. The van der Waals surface area contributed by atoms with Crippen LogP contribution in [0.5, 0.6) is 11.5 Å². The fourth-order valence-corrected chi connectivity index (χ4v) is 4.73. The predicted molar refractivity (Wildman–Crippen MR) is 119 cm³/mol. The average molecular weight is 423 g/mol. The zero-order chi connectivity index (χ0) is 22.1. The Bertz CT molecular complexity index is 1000. The van der Waals surface area contributed by atoms with E-state index in [1.165, 1.54) is 0 Å². The van der Waals surface area contributed by atoms with Gasteiger partial charge in [-0.05, 0) is 53.6 Å². The maximum absolute atomic E-state index is 13.5. The number of nitrogens with one attached hydrogen (secondary N) is 1. The highest BCUT2D eigenvalue weighted by Gasteiger charge is 2.46. The molecule has 2 aromatic carbocycles. The summed E-state index contributed by atoms with van der Waals surface area (Å²) in [6.07, 6.45) is 1.62. The van der Waals surface area contributed by atoms with Crippen LogP contribution in [-0.4, -0.2) is 44.0 Å². The Kier molecular flexibility index (Phi) is 5.90. The van der Waals surface area contributed by atoms with Gasteiger partial charge in [-0.25, -0.2) is 0 Å². The quantitative estimate of drug-likeness (QED) is 0.771. The molecule has 4 rings (SSSR count). The van der Waals surface area contributed by atoms with Crippen LogP contribution < -0.4 is 14.8 Å². The first-order chi connectivity index (χ1) is 15.0. The molecule has 0 fully saturated rings. The minimum atomic E-state index is -0.474. The topological polar surface area (TPSA) is 67.9 Å². The largest absolute Gasteiger partial charge is 0.493 e. The van der Waals surface area contributed by atoms with Crippen LogP contribution in [0.1, 0.15) is 59.3 Å². The van der Waals surface area contributed by atoms with E-state index >= 15 is 0 Å². The molecule has 2 aromatic rings. The Morgan fingerprint density at radius 2 is 1.84 bits per heavy atom.